The van der Waals surface area contributed by atoms with Crippen molar-refractivity contribution < 1.29 is 9.47 Å². The minimum Gasteiger partial charge on any atom is -0.482 e. The summed E-state index contributed by atoms with van der Waals surface area (Å²) in [5.74, 6) is 0.682. The molecule has 0 unspecified atom stereocenters. The molecule has 0 N–H and O–H groups in total. The van der Waals surface area contributed by atoms with Crippen LogP contribution in [0.25, 0.3) is 0 Å². The Morgan fingerprint density at radius 3 is 2.58 bits per heavy atom. The van der Waals surface area contributed by atoms with Crippen molar-refractivity contribution >= 4 is 0 Å². The molecule has 1 heterocycles. The summed E-state index contributed by atoms with van der Waals surface area (Å²) in [6, 6.07) is 1.54. The van der Waals surface area contributed by atoms with E-state index >= 15 is 0 Å². The number of aromatic nitrogens is 2. The van der Waals surface area contributed by atoms with Crippen molar-refractivity contribution in [2.45, 2.75) is 0 Å². The number of hydrogen-bond donors (Lipinski definition) is 0. The van der Waals surface area contributed by atoms with Gasteiger partial charge in [0.15, 0.2) is 0 Å². The van der Waals surface area contributed by atoms with E-state index in [1.807, 2.05) is 0 Å². The molecule has 0 fully saturated rings. The Labute approximate surface area is 69.6 Å². The molecule has 1 aromatic heterocycles. The lowest BCUT2D eigenvalue weighted by Gasteiger charge is -2.06. The van der Waals surface area contributed by atoms with Gasteiger partial charge in [0.05, 0.1) is 20.3 Å². The van der Waals surface area contributed by atoms with Crippen molar-refractivity contribution in [1.82, 2.24) is 9.55 Å². The second kappa shape index (κ2) is 3.25. The van der Waals surface area contributed by atoms with Crippen LogP contribution in [0.1, 0.15) is 0 Å². The lowest BCUT2D eigenvalue weighted by Crippen LogP contribution is -2.21. The standard InChI is InChI=1S/C7H10N2O3/c1-9-6(12-3)4-5(11-2)8-7(9)10/h4H,1-3H3. The van der Waals surface area contributed by atoms with E-state index in [1.54, 1.807) is 13.1 Å². The molecule has 1 rings (SSSR count). The summed E-state index contributed by atoms with van der Waals surface area (Å²) in [6.07, 6.45) is 0. The first-order chi connectivity index (χ1) is 5.69. The number of methoxy groups -OCH3 is 2. The van der Waals surface area contributed by atoms with Gasteiger partial charge in [0.2, 0.25) is 11.8 Å². The molecule has 0 saturated heterocycles. The van der Waals surface area contributed by atoms with Gasteiger partial charge < -0.3 is 9.47 Å². The molecule has 0 aliphatic heterocycles. The summed E-state index contributed by atoms with van der Waals surface area (Å²) in [5, 5.41) is 0. The molecule has 0 bridgehead atoms. The van der Waals surface area contributed by atoms with Crippen LogP contribution in [0.4, 0.5) is 0 Å². The first-order valence-corrected chi connectivity index (χ1v) is 3.35. The van der Waals surface area contributed by atoms with Crippen LogP contribution in [0.3, 0.4) is 0 Å². The lowest BCUT2D eigenvalue weighted by molar-refractivity contribution is 0.352. The molecule has 5 heteroatoms. The number of hydrogen-bond acceptors (Lipinski definition) is 4. The molecule has 0 atom stereocenters. The SMILES string of the molecule is COc1cc(OC)n(C)c(=O)n1. The maximum absolute atomic E-state index is 11.1. The van der Waals surface area contributed by atoms with Gasteiger partial charge in [-0.3, -0.25) is 4.57 Å². The zero-order valence-corrected chi connectivity index (χ0v) is 7.20. The number of rotatable bonds is 2. The molecule has 0 saturated carbocycles. The van der Waals surface area contributed by atoms with Gasteiger partial charge in [-0.1, -0.05) is 0 Å². The fourth-order valence-corrected chi connectivity index (χ4v) is 0.799. The van der Waals surface area contributed by atoms with Crippen molar-refractivity contribution in [1.29, 1.82) is 0 Å². The smallest absolute Gasteiger partial charge is 0.353 e. The zero-order chi connectivity index (χ0) is 9.14. The maximum Gasteiger partial charge on any atom is 0.353 e. The van der Waals surface area contributed by atoms with Gasteiger partial charge in [-0.2, -0.15) is 4.98 Å². The second-order valence-electron chi connectivity index (χ2n) is 2.18. The number of nitrogens with zero attached hydrogens (tertiary/aromatic N) is 2. The Bertz CT molecular complexity index is 332. The first-order valence-electron chi connectivity index (χ1n) is 3.35. The van der Waals surface area contributed by atoms with E-state index in [2.05, 4.69) is 4.98 Å². The quantitative estimate of drug-likeness (QED) is 0.616. The highest BCUT2D eigenvalue weighted by Crippen LogP contribution is 2.11. The zero-order valence-electron chi connectivity index (χ0n) is 7.20. The van der Waals surface area contributed by atoms with E-state index in [4.69, 9.17) is 9.47 Å². The van der Waals surface area contributed by atoms with E-state index < -0.39 is 5.69 Å². The summed E-state index contributed by atoms with van der Waals surface area (Å²) in [5.41, 5.74) is -0.397. The third-order valence-corrected chi connectivity index (χ3v) is 1.49. The van der Waals surface area contributed by atoms with Crippen LogP contribution in [0.2, 0.25) is 0 Å². The molecule has 0 aliphatic carbocycles. The van der Waals surface area contributed by atoms with Crippen molar-refractivity contribution in [2.75, 3.05) is 14.2 Å². The number of ether oxygens (including phenoxy) is 2. The maximum atomic E-state index is 11.1. The summed E-state index contributed by atoms with van der Waals surface area (Å²) >= 11 is 0. The summed E-state index contributed by atoms with van der Waals surface area (Å²) in [7, 11) is 4.50. The highest BCUT2D eigenvalue weighted by molar-refractivity contribution is 5.19. The third kappa shape index (κ3) is 1.39. The van der Waals surface area contributed by atoms with Crippen molar-refractivity contribution in [3.63, 3.8) is 0 Å². The second-order valence-corrected chi connectivity index (χ2v) is 2.18. The van der Waals surface area contributed by atoms with Crippen LogP contribution in [-0.2, 0) is 7.05 Å². The van der Waals surface area contributed by atoms with Crippen LogP contribution in [0, 0.1) is 0 Å². The van der Waals surface area contributed by atoms with Gasteiger partial charge in [-0.15, -0.1) is 0 Å². The first kappa shape index (κ1) is 8.58. The van der Waals surface area contributed by atoms with E-state index in [0.717, 1.165) is 0 Å². The van der Waals surface area contributed by atoms with E-state index in [0.29, 0.717) is 5.88 Å². The van der Waals surface area contributed by atoms with Gasteiger partial charge in [-0.25, -0.2) is 4.79 Å². The Morgan fingerprint density at radius 2 is 2.08 bits per heavy atom. The topological polar surface area (TPSA) is 53.4 Å². The molecule has 0 aromatic carbocycles. The van der Waals surface area contributed by atoms with Crippen LogP contribution >= 0.6 is 0 Å². The molecule has 1 aromatic rings. The van der Waals surface area contributed by atoms with Crippen LogP contribution in [0.5, 0.6) is 11.8 Å². The molecular weight excluding hydrogens is 160 g/mol. The Morgan fingerprint density at radius 1 is 1.42 bits per heavy atom. The molecule has 0 amide bonds. The highest BCUT2D eigenvalue weighted by atomic mass is 16.5. The van der Waals surface area contributed by atoms with E-state index in [9.17, 15) is 4.79 Å². The van der Waals surface area contributed by atoms with Gasteiger partial charge >= 0.3 is 5.69 Å². The molecule has 12 heavy (non-hydrogen) atoms. The summed E-state index contributed by atoms with van der Waals surface area (Å²) < 4.78 is 11.0. The summed E-state index contributed by atoms with van der Waals surface area (Å²) in [4.78, 5) is 14.7. The Kier molecular flexibility index (Phi) is 2.32. The minimum absolute atomic E-state index is 0.259. The van der Waals surface area contributed by atoms with Crippen molar-refractivity contribution in [3.05, 3.63) is 16.6 Å². The van der Waals surface area contributed by atoms with Crippen LogP contribution in [-0.4, -0.2) is 23.8 Å². The lowest BCUT2D eigenvalue weighted by atomic mass is 10.6. The van der Waals surface area contributed by atoms with Crippen LogP contribution < -0.4 is 15.2 Å². The fraction of sp³-hybridized carbons (Fsp3) is 0.429. The largest absolute Gasteiger partial charge is 0.482 e. The Balaban J connectivity index is 3.29. The van der Waals surface area contributed by atoms with Gasteiger partial charge in [0.1, 0.15) is 0 Å². The van der Waals surface area contributed by atoms with E-state index in [1.165, 1.54) is 18.8 Å². The molecule has 0 aliphatic rings. The molecule has 5 nitrogen and oxygen atoms in total. The minimum atomic E-state index is -0.397. The predicted molar refractivity (Wildman–Crippen MR) is 42.6 cm³/mol. The van der Waals surface area contributed by atoms with Gasteiger partial charge in [-0.05, 0) is 0 Å². The third-order valence-electron chi connectivity index (χ3n) is 1.49. The normalized spacial score (nSPS) is 9.58. The fourth-order valence-electron chi connectivity index (χ4n) is 0.799. The molecule has 0 radical (unpaired) electrons. The summed E-state index contributed by atoms with van der Waals surface area (Å²) in [6.45, 7) is 0. The highest BCUT2D eigenvalue weighted by Gasteiger charge is 2.03. The molecular formula is C7H10N2O3. The van der Waals surface area contributed by atoms with Crippen LogP contribution in [0.15, 0.2) is 10.9 Å². The van der Waals surface area contributed by atoms with Crippen molar-refractivity contribution in [3.8, 4) is 11.8 Å². The van der Waals surface area contributed by atoms with Crippen molar-refractivity contribution in [2.24, 2.45) is 7.05 Å². The molecule has 66 valence electrons. The van der Waals surface area contributed by atoms with Gasteiger partial charge in [0.25, 0.3) is 0 Å². The average Bonchev–Trinajstić information content (AvgIpc) is 2.09. The average molecular weight is 170 g/mol. The Hall–Kier alpha value is -1.52. The molecule has 0 spiro atoms. The van der Waals surface area contributed by atoms with Gasteiger partial charge in [0, 0.05) is 7.05 Å². The van der Waals surface area contributed by atoms with E-state index in [-0.39, 0.29) is 5.88 Å². The predicted octanol–water partition coefficient (Wildman–Crippen LogP) is -0.202. The monoisotopic (exact) mass is 170 g/mol.